The number of aliphatic hydroxyl groups is 1. The first kappa shape index (κ1) is 14.9. The molecule has 0 aliphatic carbocycles. The van der Waals surface area contributed by atoms with Gasteiger partial charge in [-0.25, -0.2) is 8.42 Å². The zero-order valence-corrected chi connectivity index (χ0v) is 11.3. The second-order valence-electron chi connectivity index (χ2n) is 4.61. The van der Waals surface area contributed by atoms with Crippen LogP contribution in [0.3, 0.4) is 0 Å². The van der Waals surface area contributed by atoms with Crippen LogP contribution < -0.4 is 5.73 Å². The quantitative estimate of drug-likeness (QED) is 0.747. The van der Waals surface area contributed by atoms with Crippen molar-refractivity contribution < 1.29 is 13.5 Å². The Morgan fingerprint density at radius 2 is 2.12 bits per heavy atom. The highest BCUT2D eigenvalue weighted by Gasteiger charge is 2.35. The fraction of sp³-hybridized carbons (Fsp3) is 1.00. The largest absolute Gasteiger partial charge is 0.395 e. The summed E-state index contributed by atoms with van der Waals surface area (Å²) in [5.74, 6) is 0. The van der Waals surface area contributed by atoms with Crippen LogP contribution in [0.15, 0.2) is 0 Å². The Labute approximate surface area is 104 Å². The van der Waals surface area contributed by atoms with Gasteiger partial charge in [0.05, 0.1) is 11.9 Å². The van der Waals surface area contributed by atoms with Crippen LogP contribution in [-0.4, -0.2) is 48.8 Å². The first-order valence-corrected chi connectivity index (χ1v) is 7.89. The summed E-state index contributed by atoms with van der Waals surface area (Å²) in [6.45, 7) is 2.40. The van der Waals surface area contributed by atoms with Crippen LogP contribution in [0.4, 0.5) is 0 Å². The number of hydrogen-bond donors (Lipinski definition) is 2. The predicted octanol–water partition coefficient (Wildman–Crippen LogP) is 0.290. The molecule has 6 heteroatoms. The van der Waals surface area contributed by atoms with Gasteiger partial charge in [0.1, 0.15) is 0 Å². The summed E-state index contributed by atoms with van der Waals surface area (Å²) in [7, 11) is -3.36. The van der Waals surface area contributed by atoms with Crippen molar-refractivity contribution >= 4 is 10.0 Å². The minimum Gasteiger partial charge on any atom is -0.395 e. The lowest BCUT2D eigenvalue weighted by Crippen LogP contribution is -2.48. The molecule has 2 atom stereocenters. The van der Waals surface area contributed by atoms with Crippen molar-refractivity contribution in [1.82, 2.24) is 4.31 Å². The smallest absolute Gasteiger partial charge is 0.218 e. The molecule has 1 fully saturated rings. The summed E-state index contributed by atoms with van der Waals surface area (Å²) < 4.78 is 26.3. The number of aliphatic hydroxyl groups excluding tert-OH is 1. The molecule has 0 aromatic rings. The Morgan fingerprint density at radius 1 is 1.41 bits per heavy atom. The minimum absolute atomic E-state index is 0.0970. The van der Waals surface area contributed by atoms with E-state index in [0.29, 0.717) is 13.0 Å². The second-order valence-corrected chi connectivity index (χ2v) is 6.77. The topological polar surface area (TPSA) is 83.6 Å². The van der Waals surface area contributed by atoms with E-state index >= 15 is 0 Å². The first-order valence-electron chi connectivity index (χ1n) is 6.39. The average Bonchev–Trinajstić information content (AvgIpc) is 2.55. The molecule has 0 radical (unpaired) electrons. The van der Waals surface area contributed by atoms with Gasteiger partial charge in [0.25, 0.3) is 0 Å². The van der Waals surface area contributed by atoms with Crippen LogP contribution in [0, 0.1) is 0 Å². The highest BCUT2D eigenvalue weighted by atomic mass is 32.2. The maximum Gasteiger partial charge on any atom is 0.218 e. The molecule has 2 unspecified atom stereocenters. The molecule has 0 amide bonds. The molecule has 0 aromatic heterocycles. The van der Waals surface area contributed by atoms with Gasteiger partial charge in [-0.15, -0.1) is 0 Å². The number of sulfonamides is 1. The molecule has 3 N–H and O–H groups in total. The Balaban J connectivity index is 2.92. The molecule has 0 bridgehead atoms. The number of nitrogens with two attached hydrogens (primary N) is 1. The summed E-state index contributed by atoms with van der Waals surface area (Å²) in [5.41, 5.74) is 5.53. The Morgan fingerprint density at radius 3 is 2.65 bits per heavy atom. The van der Waals surface area contributed by atoms with Crippen molar-refractivity contribution in [2.75, 3.05) is 19.7 Å². The third-order valence-corrected chi connectivity index (χ3v) is 6.00. The van der Waals surface area contributed by atoms with Crippen LogP contribution in [0.5, 0.6) is 0 Å². The lowest BCUT2D eigenvalue weighted by Gasteiger charge is -2.30. The lowest BCUT2D eigenvalue weighted by molar-refractivity contribution is 0.185. The van der Waals surface area contributed by atoms with Crippen molar-refractivity contribution in [3.63, 3.8) is 0 Å². The van der Waals surface area contributed by atoms with Gasteiger partial charge in [0.2, 0.25) is 10.0 Å². The fourth-order valence-electron chi connectivity index (χ4n) is 2.36. The van der Waals surface area contributed by atoms with E-state index in [9.17, 15) is 13.5 Å². The third kappa shape index (κ3) is 3.40. The molecule has 17 heavy (non-hydrogen) atoms. The van der Waals surface area contributed by atoms with Crippen molar-refractivity contribution in [2.24, 2.45) is 5.73 Å². The first-order chi connectivity index (χ1) is 8.07. The zero-order chi connectivity index (χ0) is 12.9. The Kier molecular flexibility index (Phi) is 5.85. The summed E-state index contributed by atoms with van der Waals surface area (Å²) in [5, 5.41) is 8.82. The van der Waals surface area contributed by atoms with Gasteiger partial charge in [-0.2, -0.15) is 4.31 Å². The van der Waals surface area contributed by atoms with E-state index in [4.69, 9.17) is 5.73 Å². The Hall–Kier alpha value is -0.170. The van der Waals surface area contributed by atoms with E-state index in [-0.39, 0.29) is 19.2 Å². The Bertz CT molecular complexity index is 315. The molecule has 0 aromatic carbocycles. The molecular formula is C11H24N2O3S. The van der Waals surface area contributed by atoms with Gasteiger partial charge in [0, 0.05) is 19.1 Å². The molecular weight excluding hydrogens is 240 g/mol. The van der Waals surface area contributed by atoms with Gasteiger partial charge in [-0.3, -0.25) is 0 Å². The third-order valence-electron chi connectivity index (χ3n) is 3.50. The van der Waals surface area contributed by atoms with Gasteiger partial charge in [0.15, 0.2) is 0 Å². The van der Waals surface area contributed by atoms with Gasteiger partial charge < -0.3 is 10.8 Å². The monoisotopic (exact) mass is 264 g/mol. The molecule has 1 rings (SSSR count). The van der Waals surface area contributed by atoms with Crippen molar-refractivity contribution in [3.05, 3.63) is 0 Å². The molecule has 1 heterocycles. The summed E-state index contributed by atoms with van der Waals surface area (Å²) in [6, 6.07) is -0.261. The maximum absolute atomic E-state index is 12.4. The van der Waals surface area contributed by atoms with E-state index in [2.05, 4.69) is 0 Å². The summed E-state index contributed by atoms with van der Waals surface area (Å²) in [4.78, 5) is 0. The van der Waals surface area contributed by atoms with E-state index in [1.807, 2.05) is 6.92 Å². The average molecular weight is 264 g/mol. The highest BCUT2D eigenvalue weighted by Crippen LogP contribution is 2.23. The van der Waals surface area contributed by atoms with Crippen molar-refractivity contribution in [2.45, 2.75) is 50.3 Å². The van der Waals surface area contributed by atoms with Gasteiger partial charge in [-0.05, 0) is 19.3 Å². The fourth-order valence-corrected chi connectivity index (χ4v) is 4.38. The zero-order valence-electron chi connectivity index (χ0n) is 10.5. The summed E-state index contributed by atoms with van der Waals surface area (Å²) in [6.07, 6.45) is 4.15. The predicted molar refractivity (Wildman–Crippen MR) is 68.1 cm³/mol. The summed E-state index contributed by atoms with van der Waals surface area (Å²) >= 11 is 0. The van der Waals surface area contributed by atoms with Crippen LogP contribution in [0.2, 0.25) is 0 Å². The van der Waals surface area contributed by atoms with E-state index in [0.717, 1.165) is 25.7 Å². The minimum atomic E-state index is -3.36. The van der Waals surface area contributed by atoms with Gasteiger partial charge in [-0.1, -0.05) is 19.8 Å². The number of hydrogen-bond acceptors (Lipinski definition) is 4. The van der Waals surface area contributed by atoms with E-state index in [1.165, 1.54) is 4.31 Å². The molecule has 1 saturated heterocycles. The molecule has 1 aliphatic heterocycles. The standard InChI is InChI=1S/C11H24N2O3S/c1-2-11(8-12)17(15,16)13-7-5-3-4-6-10(13)9-14/h10-11,14H,2-9,12H2,1H3. The molecule has 0 saturated carbocycles. The van der Waals surface area contributed by atoms with Crippen LogP contribution in [0.1, 0.15) is 39.0 Å². The van der Waals surface area contributed by atoms with Crippen molar-refractivity contribution in [3.8, 4) is 0 Å². The van der Waals surface area contributed by atoms with Crippen molar-refractivity contribution in [1.29, 1.82) is 0 Å². The second kappa shape index (κ2) is 6.68. The number of rotatable bonds is 5. The van der Waals surface area contributed by atoms with E-state index < -0.39 is 15.3 Å². The highest BCUT2D eigenvalue weighted by molar-refractivity contribution is 7.89. The van der Waals surface area contributed by atoms with E-state index in [1.54, 1.807) is 0 Å². The van der Waals surface area contributed by atoms with Gasteiger partial charge >= 0.3 is 0 Å². The molecule has 102 valence electrons. The van der Waals surface area contributed by atoms with Crippen LogP contribution in [-0.2, 0) is 10.0 Å². The normalized spacial score (nSPS) is 25.5. The van der Waals surface area contributed by atoms with Crippen LogP contribution >= 0.6 is 0 Å². The number of nitrogens with zero attached hydrogens (tertiary/aromatic N) is 1. The molecule has 5 nitrogen and oxygen atoms in total. The molecule has 1 aliphatic rings. The van der Waals surface area contributed by atoms with Crippen LogP contribution in [0.25, 0.3) is 0 Å². The lowest BCUT2D eigenvalue weighted by atomic mass is 10.1. The maximum atomic E-state index is 12.4. The SMILES string of the molecule is CCC(CN)S(=O)(=O)N1CCCCCC1CO. The molecule has 0 spiro atoms.